The molecule has 0 saturated heterocycles. The Bertz CT molecular complexity index is 228. The van der Waals surface area contributed by atoms with Gasteiger partial charge in [-0.2, -0.15) is 0 Å². The van der Waals surface area contributed by atoms with Crippen LogP contribution in [0.2, 0.25) is 0 Å². The van der Waals surface area contributed by atoms with Crippen molar-refractivity contribution < 1.29 is 4.79 Å². The van der Waals surface area contributed by atoms with E-state index in [4.69, 9.17) is 0 Å². The molecule has 1 atom stereocenters. The molecule has 0 aliphatic heterocycles. The lowest BCUT2D eigenvalue weighted by Gasteiger charge is -2.33. The molecule has 0 aliphatic carbocycles. The van der Waals surface area contributed by atoms with Gasteiger partial charge in [0, 0.05) is 19.5 Å². The smallest absolute Gasteiger partial charge is 0.227 e. The third-order valence-corrected chi connectivity index (χ3v) is 2.84. The van der Waals surface area contributed by atoms with Gasteiger partial charge in [-0.15, -0.1) is 6.58 Å². The first-order valence-electron chi connectivity index (χ1n) is 5.05. The summed E-state index contributed by atoms with van der Waals surface area (Å²) in [4.78, 5) is 13.5. The molecule has 0 aliphatic rings. The van der Waals surface area contributed by atoms with Crippen LogP contribution in [0.5, 0.6) is 0 Å². The standard InChI is InChI=1S/C12H23NO/c1-9(2)8-10(3)12(4,5)11(14)13(6)7/h10H,1,8H2,2-7H3/t10-/m0/s1. The Labute approximate surface area is 88.0 Å². The number of carbonyl (C=O) groups is 1. The highest BCUT2D eigenvalue weighted by atomic mass is 16.2. The second kappa shape index (κ2) is 4.63. The van der Waals surface area contributed by atoms with E-state index in [0.29, 0.717) is 5.92 Å². The van der Waals surface area contributed by atoms with Crippen molar-refractivity contribution in [3.63, 3.8) is 0 Å². The van der Waals surface area contributed by atoms with E-state index >= 15 is 0 Å². The van der Waals surface area contributed by atoms with Crippen LogP contribution in [0.25, 0.3) is 0 Å². The molecule has 0 spiro atoms. The highest BCUT2D eigenvalue weighted by Gasteiger charge is 2.34. The average molecular weight is 197 g/mol. The van der Waals surface area contributed by atoms with Crippen molar-refractivity contribution in [2.24, 2.45) is 11.3 Å². The molecule has 1 amide bonds. The lowest BCUT2D eigenvalue weighted by molar-refractivity contribution is -0.140. The molecule has 82 valence electrons. The Kier molecular flexibility index (Phi) is 4.37. The molecule has 0 saturated carbocycles. The number of hydrogen-bond acceptors (Lipinski definition) is 1. The molecule has 2 nitrogen and oxygen atoms in total. The number of hydrogen-bond donors (Lipinski definition) is 0. The van der Waals surface area contributed by atoms with Crippen LogP contribution in [0.4, 0.5) is 0 Å². The predicted molar refractivity (Wildman–Crippen MR) is 61.1 cm³/mol. The van der Waals surface area contributed by atoms with E-state index in [1.807, 2.05) is 20.8 Å². The van der Waals surface area contributed by atoms with Crippen LogP contribution in [0, 0.1) is 11.3 Å². The van der Waals surface area contributed by atoms with Crippen LogP contribution in [0.15, 0.2) is 12.2 Å². The van der Waals surface area contributed by atoms with Gasteiger partial charge in [-0.25, -0.2) is 0 Å². The largest absolute Gasteiger partial charge is 0.348 e. The third-order valence-electron chi connectivity index (χ3n) is 2.84. The van der Waals surface area contributed by atoms with Gasteiger partial charge in [0.2, 0.25) is 5.91 Å². The van der Waals surface area contributed by atoms with Crippen LogP contribution >= 0.6 is 0 Å². The first-order valence-corrected chi connectivity index (χ1v) is 5.05. The average Bonchev–Trinajstić information content (AvgIpc) is 2.01. The van der Waals surface area contributed by atoms with Gasteiger partial charge in [-0.3, -0.25) is 4.79 Å². The van der Waals surface area contributed by atoms with Crippen molar-refractivity contribution in [1.29, 1.82) is 0 Å². The van der Waals surface area contributed by atoms with Crippen LogP contribution in [-0.2, 0) is 4.79 Å². The first kappa shape index (κ1) is 13.2. The Hall–Kier alpha value is -0.790. The molecule has 0 radical (unpaired) electrons. The zero-order valence-corrected chi connectivity index (χ0v) is 10.3. The zero-order chi connectivity index (χ0) is 11.5. The summed E-state index contributed by atoms with van der Waals surface area (Å²) in [6, 6.07) is 0. The quantitative estimate of drug-likeness (QED) is 0.635. The zero-order valence-electron chi connectivity index (χ0n) is 10.3. The van der Waals surface area contributed by atoms with E-state index in [1.165, 1.54) is 0 Å². The SMILES string of the molecule is C=C(C)C[C@H](C)C(C)(C)C(=O)N(C)C. The molecule has 0 bridgehead atoms. The maximum absolute atomic E-state index is 11.9. The highest BCUT2D eigenvalue weighted by molar-refractivity contribution is 5.81. The van der Waals surface area contributed by atoms with E-state index in [9.17, 15) is 4.79 Å². The lowest BCUT2D eigenvalue weighted by atomic mass is 9.76. The van der Waals surface area contributed by atoms with E-state index in [-0.39, 0.29) is 11.3 Å². The summed E-state index contributed by atoms with van der Waals surface area (Å²) in [5.41, 5.74) is 0.833. The second-order valence-electron chi connectivity index (χ2n) is 4.98. The molecule has 0 rings (SSSR count). The predicted octanol–water partition coefficient (Wildman–Crippen LogP) is 2.70. The summed E-state index contributed by atoms with van der Waals surface area (Å²) < 4.78 is 0. The number of amides is 1. The maximum Gasteiger partial charge on any atom is 0.227 e. The molecule has 14 heavy (non-hydrogen) atoms. The van der Waals surface area contributed by atoms with Crippen LogP contribution in [0.1, 0.15) is 34.1 Å². The van der Waals surface area contributed by atoms with Crippen LogP contribution in [0.3, 0.4) is 0 Å². The number of allylic oxidation sites excluding steroid dienone is 1. The fourth-order valence-corrected chi connectivity index (χ4v) is 1.56. The van der Waals surface area contributed by atoms with Crippen LogP contribution in [-0.4, -0.2) is 24.9 Å². The van der Waals surface area contributed by atoms with Crippen LogP contribution < -0.4 is 0 Å². The highest BCUT2D eigenvalue weighted by Crippen LogP contribution is 2.32. The second-order valence-corrected chi connectivity index (χ2v) is 4.98. The van der Waals surface area contributed by atoms with Gasteiger partial charge >= 0.3 is 0 Å². The number of carbonyl (C=O) groups excluding carboxylic acids is 1. The Morgan fingerprint density at radius 3 is 2.14 bits per heavy atom. The Balaban J connectivity index is 4.59. The first-order chi connectivity index (χ1) is 6.19. The molecule has 0 heterocycles. The number of rotatable bonds is 4. The van der Waals surface area contributed by atoms with Gasteiger partial charge in [-0.1, -0.05) is 26.3 Å². The van der Waals surface area contributed by atoms with Gasteiger partial charge in [0.05, 0.1) is 0 Å². The lowest BCUT2D eigenvalue weighted by Crippen LogP contribution is -2.40. The topological polar surface area (TPSA) is 20.3 Å². The van der Waals surface area contributed by atoms with E-state index < -0.39 is 0 Å². The Morgan fingerprint density at radius 1 is 1.43 bits per heavy atom. The van der Waals surface area contributed by atoms with Gasteiger partial charge < -0.3 is 4.90 Å². The number of nitrogens with zero attached hydrogens (tertiary/aromatic N) is 1. The summed E-state index contributed by atoms with van der Waals surface area (Å²) in [6.45, 7) is 12.0. The van der Waals surface area contributed by atoms with Gasteiger partial charge in [0.15, 0.2) is 0 Å². The van der Waals surface area contributed by atoms with E-state index in [0.717, 1.165) is 12.0 Å². The molecule has 0 aromatic rings. The van der Waals surface area contributed by atoms with Crippen molar-refractivity contribution in [2.45, 2.75) is 34.1 Å². The van der Waals surface area contributed by atoms with Gasteiger partial charge in [0.1, 0.15) is 0 Å². The van der Waals surface area contributed by atoms with Crippen molar-refractivity contribution in [2.75, 3.05) is 14.1 Å². The van der Waals surface area contributed by atoms with E-state index in [2.05, 4.69) is 13.5 Å². The fourth-order valence-electron chi connectivity index (χ4n) is 1.56. The minimum atomic E-state index is -0.303. The molecule has 0 aromatic heterocycles. The summed E-state index contributed by atoms with van der Waals surface area (Å²) in [6.07, 6.45) is 0.909. The van der Waals surface area contributed by atoms with Crippen molar-refractivity contribution >= 4 is 5.91 Å². The van der Waals surface area contributed by atoms with Gasteiger partial charge in [-0.05, 0) is 19.3 Å². The van der Waals surface area contributed by atoms with Crippen molar-refractivity contribution in [1.82, 2.24) is 4.90 Å². The van der Waals surface area contributed by atoms with E-state index in [1.54, 1.807) is 19.0 Å². The van der Waals surface area contributed by atoms with Crippen molar-refractivity contribution in [3.05, 3.63) is 12.2 Å². The molecule has 0 aromatic carbocycles. The Morgan fingerprint density at radius 2 is 1.86 bits per heavy atom. The maximum atomic E-state index is 11.9. The monoisotopic (exact) mass is 197 g/mol. The molecule has 0 fully saturated rings. The fraction of sp³-hybridized carbons (Fsp3) is 0.750. The molecule has 2 heteroatoms. The normalized spacial score (nSPS) is 13.6. The molecule has 0 unspecified atom stereocenters. The molecule has 0 N–H and O–H groups in total. The summed E-state index contributed by atoms with van der Waals surface area (Å²) in [5.74, 6) is 0.515. The third kappa shape index (κ3) is 3.17. The van der Waals surface area contributed by atoms with Gasteiger partial charge in [0.25, 0.3) is 0 Å². The molecular weight excluding hydrogens is 174 g/mol. The molecular formula is C12H23NO. The summed E-state index contributed by atoms with van der Waals surface area (Å²) >= 11 is 0. The summed E-state index contributed by atoms with van der Waals surface area (Å²) in [7, 11) is 3.61. The minimum Gasteiger partial charge on any atom is -0.348 e. The van der Waals surface area contributed by atoms with Crippen molar-refractivity contribution in [3.8, 4) is 0 Å². The summed E-state index contributed by atoms with van der Waals surface area (Å²) in [5, 5.41) is 0. The minimum absolute atomic E-state index is 0.186.